The number of hydrogen-bond donors (Lipinski definition) is 3. The number of benzene rings is 1. The Bertz CT molecular complexity index is 1070. The summed E-state index contributed by atoms with van der Waals surface area (Å²) in [5.41, 5.74) is 0.236. The molecule has 146 valence electrons. The van der Waals surface area contributed by atoms with Gasteiger partial charge in [-0.05, 0) is 5.56 Å². The average Bonchev–Trinajstić information content (AvgIpc) is 3.29. The van der Waals surface area contributed by atoms with Crippen molar-refractivity contribution in [3.63, 3.8) is 0 Å². The molecule has 1 aromatic carbocycles. The topological polar surface area (TPSA) is 135 Å². The van der Waals surface area contributed by atoms with E-state index in [0.29, 0.717) is 12.2 Å². The summed E-state index contributed by atoms with van der Waals surface area (Å²) < 4.78 is 8.29. The largest absolute Gasteiger partial charge is 0.394 e. The fourth-order valence-electron chi connectivity index (χ4n) is 3.20. The minimum atomic E-state index is -0.899. The normalized spacial score (nSPS) is 21.9. The highest BCUT2D eigenvalue weighted by Crippen LogP contribution is 2.27. The van der Waals surface area contributed by atoms with Gasteiger partial charge in [-0.3, -0.25) is 14.3 Å². The molecule has 3 aromatic rings. The van der Waals surface area contributed by atoms with Gasteiger partial charge in [0.05, 0.1) is 31.0 Å². The second-order valence-corrected chi connectivity index (χ2v) is 6.61. The SMILES string of the molecule is O=c1[nH]c(=O)n([C@H]2C[C@H](O)[C@@H](CO)O2)cc1-c1cn(Cc2ccccc2)nn1. The second kappa shape index (κ2) is 7.50. The fraction of sp³-hybridized carbons (Fsp3) is 0.333. The summed E-state index contributed by atoms with van der Waals surface area (Å²) >= 11 is 0. The van der Waals surface area contributed by atoms with E-state index in [1.54, 1.807) is 10.9 Å². The highest BCUT2D eigenvalue weighted by molar-refractivity contribution is 5.54. The molecule has 10 nitrogen and oxygen atoms in total. The molecular formula is C18H19N5O5. The lowest BCUT2D eigenvalue weighted by Crippen LogP contribution is -2.33. The molecule has 1 aliphatic rings. The van der Waals surface area contributed by atoms with Crippen LogP contribution < -0.4 is 11.2 Å². The van der Waals surface area contributed by atoms with E-state index in [-0.39, 0.29) is 18.6 Å². The van der Waals surface area contributed by atoms with Crippen molar-refractivity contribution in [3.05, 3.63) is 69.1 Å². The van der Waals surface area contributed by atoms with Crippen molar-refractivity contribution < 1.29 is 14.9 Å². The van der Waals surface area contributed by atoms with E-state index in [1.165, 1.54) is 10.8 Å². The first-order valence-electron chi connectivity index (χ1n) is 8.79. The van der Waals surface area contributed by atoms with E-state index in [0.717, 1.165) is 5.56 Å². The van der Waals surface area contributed by atoms with Gasteiger partial charge in [0.15, 0.2) is 0 Å². The van der Waals surface area contributed by atoms with E-state index in [9.17, 15) is 19.8 Å². The van der Waals surface area contributed by atoms with Crippen LogP contribution in [-0.2, 0) is 11.3 Å². The predicted octanol–water partition coefficient (Wildman–Crippen LogP) is -0.516. The van der Waals surface area contributed by atoms with Gasteiger partial charge in [-0.1, -0.05) is 35.5 Å². The Morgan fingerprint density at radius 1 is 1.21 bits per heavy atom. The third kappa shape index (κ3) is 3.52. The van der Waals surface area contributed by atoms with E-state index in [1.807, 2.05) is 30.3 Å². The maximum absolute atomic E-state index is 12.3. The Morgan fingerprint density at radius 3 is 2.71 bits per heavy atom. The lowest BCUT2D eigenvalue weighted by Gasteiger charge is -2.14. The van der Waals surface area contributed by atoms with Crippen LogP contribution in [0.2, 0.25) is 0 Å². The molecule has 2 aromatic heterocycles. The molecule has 0 unspecified atom stereocenters. The van der Waals surface area contributed by atoms with Gasteiger partial charge in [-0.25, -0.2) is 9.48 Å². The zero-order chi connectivity index (χ0) is 19.7. The van der Waals surface area contributed by atoms with Gasteiger partial charge in [-0.15, -0.1) is 5.10 Å². The summed E-state index contributed by atoms with van der Waals surface area (Å²) in [6.07, 6.45) is 0.609. The summed E-state index contributed by atoms with van der Waals surface area (Å²) in [7, 11) is 0. The lowest BCUT2D eigenvalue weighted by atomic mass is 10.2. The zero-order valence-corrected chi connectivity index (χ0v) is 14.8. The van der Waals surface area contributed by atoms with Crippen molar-refractivity contribution in [1.29, 1.82) is 0 Å². The van der Waals surface area contributed by atoms with Crippen molar-refractivity contribution in [2.24, 2.45) is 0 Å². The van der Waals surface area contributed by atoms with Crippen molar-refractivity contribution in [3.8, 4) is 11.3 Å². The van der Waals surface area contributed by atoms with Gasteiger partial charge < -0.3 is 14.9 Å². The van der Waals surface area contributed by atoms with Gasteiger partial charge in [0.1, 0.15) is 18.0 Å². The Morgan fingerprint density at radius 2 is 2.00 bits per heavy atom. The summed E-state index contributed by atoms with van der Waals surface area (Å²) in [6.45, 7) is 0.123. The van der Waals surface area contributed by atoms with Crippen LogP contribution in [0.15, 0.2) is 52.3 Å². The van der Waals surface area contributed by atoms with Crippen LogP contribution in [0.25, 0.3) is 11.3 Å². The van der Waals surface area contributed by atoms with Crippen LogP contribution in [0.4, 0.5) is 0 Å². The first-order valence-corrected chi connectivity index (χ1v) is 8.79. The quantitative estimate of drug-likeness (QED) is 0.538. The van der Waals surface area contributed by atoms with Crippen LogP contribution in [0.3, 0.4) is 0 Å². The molecule has 1 fully saturated rings. The van der Waals surface area contributed by atoms with Crippen molar-refractivity contribution >= 4 is 0 Å². The molecular weight excluding hydrogens is 366 g/mol. The van der Waals surface area contributed by atoms with Gasteiger partial charge in [0, 0.05) is 12.6 Å². The van der Waals surface area contributed by atoms with Crippen molar-refractivity contribution in [2.45, 2.75) is 31.4 Å². The summed E-state index contributed by atoms with van der Waals surface area (Å²) in [4.78, 5) is 26.7. The third-order valence-electron chi connectivity index (χ3n) is 4.66. The number of hydrogen-bond acceptors (Lipinski definition) is 7. The van der Waals surface area contributed by atoms with Crippen LogP contribution in [0.5, 0.6) is 0 Å². The van der Waals surface area contributed by atoms with Crippen LogP contribution >= 0.6 is 0 Å². The second-order valence-electron chi connectivity index (χ2n) is 6.61. The van der Waals surface area contributed by atoms with Crippen LogP contribution in [-0.4, -0.2) is 53.6 Å². The zero-order valence-electron chi connectivity index (χ0n) is 14.8. The summed E-state index contributed by atoms with van der Waals surface area (Å²) in [5, 5.41) is 27.2. The van der Waals surface area contributed by atoms with Gasteiger partial charge >= 0.3 is 5.69 Å². The molecule has 3 N–H and O–H groups in total. The van der Waals surface area contributed by atoms with E-state index >= 15 is 0 Å². The molecule has 3 atom stereocenters. The number of aromatic amines is 1. The highest BCUT2D eigenvalue weighted by atomic mass is 16.5. The number of H-pyrrole nitrogens is 1. The molecule has 0 aliphatic carbocycles. The van der Waals surface area contributed by atoms with Gasteiger partial charge in [-0.2, -0.15) is 0 Å². The molecule has 0 radical (unpaired) electrons. The molecule has 0 amide bonds. The number of nitrogens with zero attached hydrogens (tertiary/aromatic N) is 4. The lowest BCUT2D eigenvalue weighted by molar-refractivity contribution is -0.0458. The first kappa shape index (κ1) is 18.3. The molecule has 10 heteroatoms. The number of aromatic nitrogens is 5. The molecule has 0 bridgehead atoms. The van der Waals surface area contributed by atoms with Gasteiger partial charge in [0.2, 0.25) is 0 Å². The summed E-state index contributed by atoms with van der Waals surface area (Å²) in [5.74, 6) is 0. The van der Waals surface area contributed by atoms with E-state index < -0.39 is 29.7 Å². The molecule has 0 spiro atoms. The molecule has 3 heterocycles. The monoisotopic (exact) mass is 385 g/mol. The highest BCUT2D eigenvalue weighted by Gasteiger charge is 2.35. The molecule has 1 aliphatic heterocycles. The van der Waals surface area contributed by atoms with E-state index in [2.05, 4.69) is 15.3 Å². The number of rotatable bonds is 5. The smallest absolute Gasteiger partial charge is 0.330 e. The van der Waals surface area contributed by atoms with Crippen molar-refractivity contribution in [1.82, 2.24) is 24.5 Å². The maximum Gasteiger partial charge on any atom is 0.330 e. The average molecular weight is 385 g/mol. The van der Waals surface area contributed by atoms with Gasteiger partial charge in [0.25, 0.3) is 5.56 Å². The number of nitrogens with one attached hydrogen (secondary N) is 1. The summed E-state index contributed by atoms with van der Waals surface area (Å²) in [6, 6.07) is 9.67. The van der Waals surface area contributed by atoms with E-state index in [4.69, 9.17) is 4.74 Å². The molecule has 28 heavy (non-hydrogen) atoms. The molecule has 0 saturated carbocycles. The Labute approximate surface area is 158 Å². The Kier molecular flexibility index (Phi) is 4.90. The van der Waals surface area contributed by atoms with Crippen LogP contribution in [0, 0.1) is 0 Å². The van der Waals surface area contributed by atoms with Crippen molar-refractivity contribution in [2.75, 3.05) is 6.61 Å². The Balaban J connectivity index is 1.64. The first-order chi connectivity index (χ1) is 13.5. The molecule has 1 saturated heterocycles. The number of aliphatic hydroxyl groups excluding tert-OH is 2. The predicted molar refractivity (Wildman–Crippen MR) is 97.5 cm³/mol. The number of ether oxygens (including phenoxy) is 1. The number of aliphatic hydroxyl groups is 2. The molecule has 4 rings (SSSR count). The fourth-order valence-corrected chi connectivity index (χ4v) is 3.20. The van der Waals surface area contributed by atoms with Crippen LogP contribution in [0.1, 0.15) is 18.2 Å². The Hall–Kier alpha value is -3.08. The maximum atomic E-state index is 12.3. The standard InChI is InChI=1S/C18H19N5O5/c24-10-15-14(25)6-16(28-15)23-8-12(17(26)19-18(23)27)13-9-22(21-20-13)7-11-4-2-1-3-5-11/h1-5,8-9,14-16,24-25H,6-7,10H2,(H,19,26,27)/t14-,15+,16+/m0/s1. The minimum Gasteiger partial charge on any atom is -0.394 e. The minimum absolute atomic E-state index is 0.122. The third-order valence-corrected chi connectivity index (χ3v) is 4.66.